The number of hydrazone groups is 1. The van der Waals surface area contributed by atoms with Crippen molar-refractivity contribution >= 4 is 23.2 Å². The van der Waals surface area contributed by atoms with Crippen LogP contribution in [0.3, 0.4) is 0 Å². The molecule has 0 radical (unpaired) electrons. The molecule has 2 amide bonds. The fourth-order valence-corrected chi connectivity index (χ4v) is 2.11. The minimum Gasteiger partial charge on any atom is -0.344 e. The van der Waals surface area contributed by atoms with Crippen LogP contribution >= 0.6 is 0 Å². The van der Waals surface area contributed by atoms with Crippen molar-refractivity contribution in [1.82, 2.24) is 5.32 Å². The maximum Gasteiger partial charge on any atom is 0.416 e. The van der Waals surface area contributed by atoms with Crippen LogP contribution in [0.1, 0.15) is 12.5 Å². The molecule has 1 aliphatic rings. The summed E-state index contributed by atoms with van der Waals surface area (Å²) in [5.74, 6) is -0.360. The molecule has 0 saturated heterocycles. The predicted molar refractivity (Wildman–Crippen MR) is 77.4 cm³/mol. The lowest BCUT2D eigenvalue weighted by Crippen LogP contribution is -2.40. The Bertz CT molecular complexity index is 719. The molecule has 1 N–H and O–H groups in total. The number of alkyl halides is 3. The number of nitrogens with one attached hydrogen (secondary N) is 1. The van der Waals surface area contributed by atoms with Gasteiger partial charge in [0.25, 0.3) is 5.91 Å². The average Bonchev–Trinajstić information content (AvgIpc) is 2.79. The second-order valence-electron chi connectivity index (χ2n) is 4.79. The van der Waals surface area contributed by atoms with Crippen molar-refractivity contribution in [3.63, 3.8) is 0 Å². The first kappa shape index (κ1) is 16.5. The number of benzene rings is 1. The summed E-state index contributed by atoms with van der Waals surface area (Å²) in [7, 11) is 0. The molecule has 5 nitrogen and oxygen atoms in total. The van der Waals surface area contributed by atoms with E-state index in [1.54, 1.807) is 0 Å². The first-order valence-corrected chi connectivity index (χ1v) is 6.53. The summed E-state index contributed by atoms with van der Waals surface area (Å²) in [6.45, 7) is 1.39. The zero-order valence-electron chi connectivity index (χ0n) is 12.0. The Morgan fingerprint density at radius 2 is 2.17 bits per heavy atom. The lowest BCUT2D eigenvalue weighted by molar-refractivity contribution is -0.137. The molecule has 0 unspecified atom stereocenters. The molecule has 8 heteroatoms. The minimum absolute atomic E-state index is 0.0561. The van der Waals surface area contributed by atoms with Crippen LogP contribution in [-0.2, 0) is 15.8 Å². The Labute approximate surface area is 130 Å². The van der Waals surface area contributed by atoms with Crippen molar-refractivity contribution in [3.8, 4) is 12.3 Å². The first-order chi connectivity index (χ1) is 10.8. The van der Waals surface area contributed by atoms with Crippen LogP contribution in [0.4, 0.5) is 18.9 Å². The normalized spacial score (nSPS) is 17.7. The number of nitrogens with zero attached hydrogens (tertiary/aromatic N) is 2. The topological polar surface area (TPSA) is 61.8 Å². The van der Waals surface area contributed by atoms with Crippen molar-refractivity contribution in [2.24, 2.45) is 11.0 Å². The molecule has 0 saturated carbocycles. The van der Waals surface area contributed by atoms with Gasteiger partial charge in [0.15, 0.2) is 5.92 Å². The van der Waals surface area contributed by atoms with E-state index < -0.39 is 29.5 Å². The minimum atomic E-state index is -4.54. The molecule has 0 aliphatic carbocycles. The Kier molecular flexibility index (Phi) is 4.40. The number of rotatable bonds is 3. The van der Waals surface area contributed by atoms with Gasteiger partial charge in [-0.05, 0) is 25.1 Å². The molecule has 1 heterocycles. The Morgan fingerprint density at radius 1 is 1.48 bits per heavy atom. The average molecular weight is 323 g/mol. The monoisotopic (exact) mass is 323 g/mol. The summed E-state index contributed by atoms with van der Waals surface area (Å²) in [6.07, 6.45) is 0.483. The SMILES string of the molecule is C#CCNC(=O)[C@H]1C(=O)N(c2cccc(C(F)(F)F)c2)N=C1C. The van der Waals surface area contributed by atoms with Gasteiger partial charge in [0.2, 0.25) is 5.91 Å². The molecule has 1 atom stereocenters. The number of halogens is 3. The van der Waals surface area contributed by atoms with E-state index in [1.165, 1.54) is 19.1 Å². The van der Waals surface area contributed by atoms with Crippen LogP contribution in [0.15, 0.2) is 29.4 Å². The number of carbonyl (C=O) groups excluding carboxylic acids is 2. The first-order valence-electron chi connectivity index (χ1n) is 6.53. The van der Waals surface area contributed by atoms with Gasteiger partial charge in [-0.25, -0.2) is 0 Å². The van der Waals surface area contributed by atoms with Gasteiger partial charge >= 0.3 is 6.18 Å². The highest BCUT2D eigenvalue weighted by Crippen LogP contribution is 2.33. The lowest BCUT2D eigenvalue weighted by atomic mass is 10.0. The van der Waals surface area contributed by atoms with Crippen molar-refractivity contribution < 1.29 is 22.8 Å². The van der Waals surface area contributed by atoms with Crippen LogP contribution in [-0.4, -0.2) is 24.1 Å². The van der Waals surface area contributed by atoms with Crippen molar-refractivity contribution in [1.29, 1.82) is 0 Å². The molecule has 0 fully saturated rings. The van der Waals surface area contributed by atoms with Crippen LogP contribution in [0, 0.1) is 18.3 Å². The zero-order chi connectivity index (χ0) is 17.2. The highest BCUT2D eigenvalue weighted by Gasteiger charge is 2.40. The van der Waals surface area contributed by atoms with E-state index in [0.717, 1.165) is 17.1 Å². The van der Waals surface area contributed by atoms with E-state index in [0.29, 0.717) is 0 Å². The largest absolute Gasteiger partial charge is 0.416 e. The number of carbonyl (C=O) groups is 2. The number of hydrogen-bond donors (Lipinski definition) is 1. The molecule has 2 rings (SSSR count). The Hall–Kier alpha value is -2.82. The summed E-state index contributed by atoms with van der Waals surface area (Å²) < 4.78 is 38.3. The quantitative estimate of drug-likeness (QED) is 0.681. The fraction of sp³-hybridized carbons (Fsp3) is 0.267. The Balaban J connectivity index is 2.28. The van der Waals surface area contributed by atoms with Gasteiger partial charge in [-0.2, -0.15) is 23.3 Å². The molecule has 0 aromatic heterocycles. The Morgan fingerprint density at radius 3 is 2.78 bits per heavy atom. The lowest BCUT2D eigenvalue weighted by Gasteiger charge is -2.15. The van der Waals surface area contributed by atoms with Gasteiger partial charge in [0.1, 0.15) is 0 Å². The third kappa shape index (κ3) is 3.34. The van der Waals surface area contributed by atoms with Crippen LogP contribution in [0.2, 0.25) is 0 Å². The number of anilines is 1. The van der Waals surface area contributed by atoms with Crippen LogP contribution in [0.25, 0.3) is 0 Å². The molecular formula is C15H12F3N3O2. The molecular weight excluding hydrogens is 311 g/mol. The predicted octanol–water partition coefficient (Wildman–Crippen LogP) is 1.79. The summed E-state index contributed by atoms with van der Waals surface area (Å²) in [5, 5.41) is 7.05. The summed E-state index contributed by atoms with van der Waals surface area (Å²) in [4.78, 5) is 24.2. The van der Waals surface area contributed by atoms with Gasteiger partial charge in [-0.3, -0.25) is 9.59 Å². The zero-order valence-corrected chi connectivity index (χ0v) is 12.0. The molecule has 0 spiro atoms. The molecule has 0 bridgehead atoms. The molecule has 1 aliphatic heterocycles. The van der Waals surface area contributed by atoms with Crippen molar-refractivity contribution in [2.45, 2.75) is 13.1 Å². The van der Waals surface area contributed by atoms with E-state index >= 15 is 0 Å². The summed E-state index contributed by atoms with van der Waals surface area (Å²) >= 11 is 0. The third-order valence-corrected chi connectivity index (χ3v) is 3.18. The number of amides is 2. The van der Waals surface area contributed by atoms with Crippen LogP contribution in [0.5, 0.6) is 0 Å². The van der Waals surface area contributed by atoms with Gasteiger partial charge in [0, 0.05) is 0 Å². The summed E-state index contributed by atoms with van der Waals surface area (Å²) in [6, 6.07) is 4.17. The number of terminal acetylenes is 1. The summed E-state index contributed by atoms with van der Waals surface area (Å²) in [5.41, 5.74) is -0.783. The second kappa shape index (κ2) is 6.12. The molecule has 120 valence electrons. The van der Waals surface area contributed by atoms with E-state index in [9.17, 15) is 22.8 Å². The van der Waals surface area contributed by atoms with E-state index in [-0.39, 0.29) is 17.9 Å². The highest BCUT2D eigenvalue weighted by molar-refractivity contribution is 6.26. The van der Waals surface area contributed by atoms with Crippen molar-refractivity contribution in [3.05, 3.63) is 29.8 Å². The van der Waals surface area contributed by atoms with Gasteiger partial charge in [-0.1, -0.05) is 12.0 Å². The third-order valence-electron chi connectivity index (χ3n) is 3.18. The van der Waals surface area contributed by atoms with Gasteiger partial charge < -0.3 is 5.32 Å². The maximum atomic E-state index is 12.8. The van der Waals surface area contributed by atoms with E-state index in [1.807, 2.05) is 0 Å². The highest BCUT2D eigenvalue weighted by atomic mass is 19.4. The molecule has 1 aromatic carbocycles. The van der Waals surface area contributed by atoms with Gasteiger partial charge in [0.05, 0.1) is 23.5 Å². The maximum absolute atomic E-state index is 12.8. The molecule has 23 heavy (non-hydrogen) atoms. The number of hydrogen-bond acceptors (Lipinski definition) is 3. The molecule has 1 aromatic rings. The van der Waals surface area contributed by atoms with Gasteiger partial charge in [-0.15, -0.1) is 6.42 Å². The second-order valence-corrected chi connectivity index (χ2v) is 4.79. The smallest absolute Gasteiger partial charge is 0.344 e. The fourth-order valence-electron chi connectivity index (χ4n) is 2.11. The van der Waals surface area contributed by atoms with E-state index in [4.69, 9.17) is 6.42 Å². The standard InChI is InChI=1S/C15H12F3N3O2/c1-3-7-19-13(22)12-9(2)20-21(14(12)23)11-6-4-5-10(8-11)15(16,17)18/h1,4-6,8,12H,7H2,2H3,(H,19,22)/t12-/m0/s1. The van der Waals surface area contributed by atoms with Crippen molar-refractivity contribution in [2.75, 3.05) is 11.6 Å². The van der Waals surface area contributed by atoms with E-state index in [2.05, 4.69) is 16.3 Å². The van der Waals surface area contributed by atoms with Crippen LogP contribution < -0.4 is 10.3 Å².